The molecular weight excluding hydrogens is 849 g/mol. The van der Waals surface area contributed by atoms with E-state index in [2.05, 4.69) is 30.8 Å². The first-order chi connectivity index (χ1) is 32.0. The largest absolute Gasteiger partial charge is 0.444 e. The topological polar surface area (TPSA) is 217 Å². The van der Waals surface area contributed by atoms with Gasteiger partial charge in [0, 0.05) is 50.1 Å². The van der Waals surface area contributed by atoms with Gasteiger partial charge in [0.05, 0.1) is 76.4 Å². The number of aromatic amines is 1. The number of hydrogen-bond acceptors (Lipinski definition) is 13. The zero-order valence-corrected chi connectivity index (χ0v) is 38.3. The summed E-state index contributed by atoms with van der Waals surface area (Å²) < 4.78 is 29.8. The molecule has 0 unspecified atom stereocenters. The average molecular weight is 913 g/mol. The molecule has 3 fully saturated rings. The van der Waals surface area contributed by atoms with E-state index in [4.69, 9.17) is 28.8 Å². The Balaban J connectivity index is 0.724. The zero-order valence-electron chi connectivity index (χ0n) is 38.3. The number of anilines is 1. The van der Waals surface area contributed by atoms with Gasteiger partial charge in [0.25, 0.3) is 5.91 Å². The number of aromatic nitrogens is 6. The summed E-state index contributed by atoms with van der Waals surface area (Å²) in [6, 6.07) is 13.9. The normalized spacial score (nSPS) is 18.8. The molecular formula is C47H64N10O9. The number of carbonyl (C=O) groups excluding carboxylic acids is 4. The van der Waals surface area contributed by atoms with Crippen molar-refractivity contribution in [2.24, 2.45) is 5.92 Å². The maximum atomic E-state index is 13.4. The van der Waals surface area contributed by atoms with Gasteiger partial charge in [-0.25, -0.2) is 14.8 Å². The molecule has 2 saturated heterocycles. The summed E-state index contributed by atoms with van der Waals surface area (Å²) in [6.07, 6.45) is 9.43. The van der Waals surface area contributed by atoms with Crippen molar-refractivity contribution in [1.82, 2.24) is 45.1 Å². The van der Waals surface area contributed by atoms with Crippen LogP contribution in [0.1, 0.15) is 94.2 Å². The Morgan fingerprint density at radius 2 is 1.55 bits per heavy atom. The van der Waals surface area contributed by atoms with Crippen molar-refractivity contribution >= 4 is 29.6 Å². The van der Waals surface area contributed by atoms with E-state index in [-0.39, 0.29) is 41.8 Å². The number of nitrogens with zero attached hydrogens (tertiary/aromatic N) is 7. The molecule has 1 aliphatic carbocycles. The molecule has 4 aromatic rings. The van der Waals surface area contributed by atoms with Crippen molar-refractivity contribution in [2.45, 2.75) is 95.7 Å². The van der Waals surface area contributed by atoms with E-state index in [0.717, 1.165) is 44.2 Å². The first-order valence-electron chi connectivity index (χ1n) is 23.2. The smallest absolute Gasteiger partial charge is 0.411 e. The van der Waals surface area contributed by atoms with Crippen molar-refractivity contribution in [3.05, 3.63) is 72.3 Å². The molecule has 6 heterocycles. The third-order valence-electron chi connectivity index (χ3n) is 12.0. The quantitative estimate of drug-likeness (QED) is 0.0923. The Bertz CT molecular complexity index is 2170. The van der Waals surface area contributed by atoms with Crippen LogP contribution in [-0.2, 0) is 33.3 Å². The third kappa shape index (κ3) is 13.4. The van der Waals surface area contributed by atoms with Crippen LogP contribution in [0, 0.1) is 5.92 Å². The van der Waals surface area contributed by atoms with Crippen LogP contribution in [0.3, 0.4) is 0 Å². The maximum Gasteiger partial charge on any atom is 0.411 e. The van der Waals surface area contributed by atoms with E-state index in [0.29, 0.717) is 108 Å². The summed E-state index contributed by atoms with van der Waals surface area (Å²) in [5, 5.41) is 17.6. The number of fused-ring (bicyclic) bond motifs is 1. The molecule has 0 bridgehead atoms. The first kappa shape index (κ1) is 48.2. The Morgan fingerprint density at radius 1 is 0.818 bits per heavy atom. The summed E-state index contributed by atoms with van der Waals surface area (Å²) in [4.78, 5) is 65.2. The molecule has 0 spiro atoms. The second-order valence-corrected chi connectivity index (χ2v) is 17.8. The molecule has 4 amide bonds. The van der Waals surface area contributed by atoms with E-state index in [9.17, 15) is 19.2 Å². The van der Waals surface area contributed by atoms with E-state index >= 15 is 0 Å². The van der Waals surface area contributed by atoms with Crippen LogP contribution in [0.2, 0.25) is 0 Å². The first-order valence-corrected chi connectivity index (χ1v) is 23.2. The van der Waals surface area contributed by atoms with Crippen molar-refractivity contribution in [3.8, 4) is 17.2 Å². The van der Waals surface area contributed by atoms with Crippen molar-refractivity contribution in [1.29, 1.82) is 0 Å². The molecule has 3 atom stereocenters. The third-order valence-corrected chi connectivity index (χ3v) is 12.0. The number of carbonyl (C=O) groups is 4. The second-order valence-electron chi connectivity index (χ2n) is 17.8. The number of H-pyrrole nitrogens is 1. The fraction of sp³-hybridized carbons (Fsp3) is 0.574. The lowest BCUT2D eigenvalue weighted by Gasteiger charge is -2.34. The minimum Gasteiger partial charge on any atom is -0.444 e. The van der Waals surface area contributed by atoms with E-state index < -0.39 is 17.7 Å². The van der Waals surface area contributed by atoms with Crippen LogP contribution >= 0.6 is 0 Å². The summed E-state index contributed by atoms with van der Waals surface area (Å²) in [5.41, 5.74) is 1.74. The Kier molecular flexibility index (Phi) is 17.2. The molecule has 66 heavy (non-hydrogen) atoms. The van der Waals surface area contributed by atoms with Crippen LogP contribution in [0.25, 0.3) is 17.2 Å². The summed E-state index contributed by atoms with van der Waals surface area (Å²) in [7, 11) is 0. The number of likely N-dealkylation sites (tertiary alicyclic amines) is 2. The van der Waals surface area contributed by atoms with Crippen molar-refractivity contribution in [2.75, 3.05) is 77.8 Å². The molecule has 19 heteroatoms. The van der Waals surface area contributed by atoms with Gasteiger partial charge in [-0.1, -0.05) is 25.0 Å². The molecule has 3 N–H and O–H groups in total. The number of rotatable bonds is 21. The second kappa shape index (κ2) is 23.6. The van der Waals surface area contributed by atoms with Crippen molar-refractivity contribution in [3.63, 3.8) is 0 Å². The number of nitrogens with one attached hydrogen (secondary N) is 3. The molecule has 3 aliphatic rings. The minimum atomic E-state index is -0.627. The summed E-state index contributed by atoms with van der Waals surface area (Å²) in [5.74, 6) is 0.960. The van der Waals surface area contributed by atoms with Gasteiger partial charge in [0.1, 0.15) is 23.2 Å². The van der Waals surface area contributed by atoms with Crippen molar-refractivity contribution < 1.29 is 42.9 Å². The summed E-state index contributed by atoms with van der Waals surface area (Å²) >= 11 is 0. The van der Waals surface area contributed by atoms with Crippen LogP contribution in [0.4, 0.5) is 10.6 Å². The number of ether oxygens (including phenoxy) is 5. The van der Waals surface area contributed by atoms with E-state index in [1.807, 2.05) is 49.9 Å². The average Bonchev–Trinajstić information content (AvgIpc) is 4.10. The Hall–Kier alpha value is -5.76. The fourth-order valence-corrected chi connectivity index (χ4v) is 8.77. The van der Waals surface area contributed by atoms with Gasteiger partial charge >= 0.3 is 6.09 Å². The standard InChI is InChI=1S/C47H64N10O9/c1-47(2,3)66-46(61)56-39-12-5-4-9-34(39)31-40(56)45(60)49-20-24-63-26-28-65-30-29-64-27-25-62-23-17-43(58)55-21-15-33(16-22-55)38-32-42(57(54-38)41-13-6-7-18-48-41)52-44(59)37-11-8-10-35(51-37)36-14-19-50-53-36/h6-8,10-11,13-14,18-19,32-34,39-40H,4-5,9,12,15-17,20-31H2,1-3H3,(H,49,60)(H,50,53)(H,52,59)/t34-,39-,40-/m0/s1. The van der Waals surface area contributed by atoms with Gasteiger partial charge < -0.3 is 39.2 Å². The lowest BCUT2D eigenvalue weighted by Crippen LogP contribution is -2.51. The predicted molar refractivity (Wildman–Crippen MR) is 243 cm³/mol. The highest BCUT2D eigenvalue weighted by molar-refractivity contribution is 6.02. The molecule has 2 aliphatic heterocycles. The zero-order chi connectivity index (χ0) is 46.3. The van der Waals surface area contributed by atoms with Gasteiger partial charge in [-0.2, -0.15) is 14.9 Å². The maximum absolute atomic E-state index is 13.4. The van der Waals surface area contributed by atoms with Crippen LogP contribution in [-0.4, -0.2) is 154 Å². The predicted octanol–water partition coefficient (Wildman–Crippen LogP) is 5.15. The molecule has 7 rings (SSSR count). The Labute approximate surface area is 385 Å². The lowest BCUT2D eigenvalue weighted by atomic mass is 9.85. The molecule has 0 radical (unpaired) electrons. The van der Waals surface area contributed by atoms with Crippen LogP contribution in [0.15, 0.2) is 60.9 Å². The van der Waals surface area contributed by atoms with Gasteiger partial charge in [-0.3, -0.25) is 24.4 Å². The number of piperidine rings is 1. The fourth-order valence-electron chi connectivity index (χ4n) is 8.77. The van der Waals surface area contributed by atoms with Gasteiger partial charge in [-0.15, -0.1) is 0 Å². The molecule has 356 valence electrons. The highest BCUT2D eigenvalue weighted by atomic mass is 16.6. The highest BCUT2D eigenvalue weighted by Crippen LogP contribution is 2.40. The highest BCUT2D eigenvalue weighted by Gasteiger charge is 2.48. The van der Waals surface area contributed by atoms with E-state index in [1.165, 1.54) is 0 Å². The number of hydrogen-bond donors (Lipinski definition) is 3. The molecule has 19 nitrogen and oxygen atoms in total. The monoisotopic (exact) mass is 912 g/mol. The number of amides is 4. The minimum absolute atomic E-state index is 0.0420. The van der Waals surface area contributed by atoms with Gasteiger partial charge in [-0.05, 0) is 89.1 Å². The number of pyridine rings is 2. The van der Waals surface area contributed by atoms with Crippen LogP contribution < -0.4 is 10.6 Å². The van der Waals surface area contributed by atoms with E-state index in [1.54, 1.807) is 46.2 Å². The molecule has 0 aromatic carbocycles. The Morgan fingerprint density at radius 3 is 2.24 bits per heavy atom. The van der Waals surface area contributed by atoms with Gasteiger partial charge in [0.15, 0.2) is 5.82 Å². The van der Waals surface area contributed by atoms with Gasteiger partial charge in [0.2, 0.25) is 11.8 Å². The SMILES string of the molecule is CC(C)(C)OC(=O)N1[C@H](C(=O)NCCOCCOCCOCCOCCC(=O)N2CCC(c3cc(NC(=O)c4cccc(-c5ccn[nH]5)n4)n(-c4ccccn4)n3)CC2)C[C@@H]2CCCC[C@@H]21. The van der Waals surface area contributed by atoms with Crippen LogP contribution in [0.5, 0.6) is 0 Å². The molecule has 4 aromatic heterocycles. The lowest BCUT2D eigenvalue weighted by molar-refractivity contribution is -0.133. The molecule has 1 saturated carbocycles. The summed E-state index contributed by atoms with van der Waals surface area (Å²) in [6.45, 7) is 10.0.